The van der Waals surface area contributed by atoms with Crippen molar-refractivity contribution in [1.82, 2.24) is 15.1 Å². The Hall–Kier alpha value is -1.49. The van der Waals surface area contributed by atoms with Crippen LogP contribution in [0.25, 0.3) is 5.70 Å². The molecular weight excluding hydrogens is 264 g/mol. The number of aryl methyl sites for hydroxylation is 2. The molecule has 0 bridgehead atoms. The maximum Gasteiger partial charge on any atom is 0.221 e. The monoisotopic (exact) mass is 296 g/mol. The number of hydrogen-bond acceptors (Lipinski definition) is 4. The fourth-order valence-electron chi connectivity index (χ4n) is 2.62. The molecule has 1 saturated heterocycles. The number of nitrogens with zero attached hydrogens (tertiary/aromatic N) is 2. The highest BCUT2D eigenvalue weighted by atomic mass is 16.5. The molecule has 122 valence electrons. The summed E-state index contributed by atoms with van der Waals surface area (Å²) in [5.41, 5.74) is 8.58. The molecule has 2 atom stereocenters. The summed E-state index contributed by atoms with van der Waals surface area (Å²) in [4.78, 5) is 0. The molecule has 0 aliphatic carbocycles. The van der Waals surface area contributed by atoms with Crippen LogP contribution in [0, 0.1) is 6.92 Å². The third-order valence-electron chi connectivity index (χ3n) is 3.73. The minimum atomic E-state index is 0. The van der Waals surface area contributed by atoms with Crippen LogP contribution in [-0.2, 0) is 7.05 Å². The Balaban J connectivity index is 0.00000141. The first kappa shape index (κ1) is 17.6. The minimum absolute atomic E-state index is 0. The van der Waals surface area contributed by atoms with Crippen LogP contribution in [0.4, 0.5) is 0 Å². The van der Waals surface area contributed by atoms with Gasteiger partial charge in [-0.1, -0.05) is 19.9 Å². The maximum atomic E-state index is 6.12. The van der Waals surface area contributed by atoms with E-state index < -0.39 is 0 Å². The fraction of sp³-hybridized carbons (Fsp3) is 0.688. The Morgan fingerprint density at radius 2 is 2.24 bits per heavy atom. The first-order chi connectivity index (χ1) is 10.0. The molecule has 1 aromatic rings. The second kappa shape index (κ2) is 8.08. The van der Waals surface area contributed by atoms with Crippen molar-refractivity contribution in [3.63, 3.8) is 0 Å². The van der Waals surface area contributed by atoms with Crippen molar-refractivity contribution in [2.24, 2.45) is 12.8 Å². The third kappa shape index (κ3) is 4.00. The van der Waals surface area contributed by atoms with Crippen LogP contribution in [0.3, 0.4) is 0 Å². The van der Waals surface area contributed by atoms with Crippen molar-refractivity contribution < 1.29 is 6.16 Å². The number of allylic oxidation sites excluding steroid dienone is 1. The van der Waals surface area contributed by atoms with Crippen LogP contribution in [-0.4, -0.2) is 28.5 Å². The van der Waals surface area contributed by atoms with Gasteiger partial charge in [-0.3, -0.25) is 0 Å². The van der Waals surface area contributed by atoms with Gasteiger partial charge in [0.25, 0.3) is 0 Å². The molecule has 1 aromatic heterocycles. The number of rotatable bonds is 4. The highest BCUT2D eigenvalue weighted by Gasteiger charge is 2.25. The molecule has 1 unspecified atom stereocenters. The molecule has 2 heterocycles. The summed E-state index contributed by atoms with van der Waals surface area (Å²) in [5, 5.41) is 7.88. The number of ether oxygens (including phenoxy) is 1. The summed E-state index contributed by atoms with van der Waals surface area (Å²) in [5.74, 6) is 0.759. The topological polar surface area (TPSA) is 65.1 Å². The fourth-order valence-corrected chi connectivity index (χ4v) is 2.62. The molecule has 0 spiro atoms. The zero-order valence-electron chi connectivity index (χ0n) is 14.2. The van der Waals surface area contributed by atoms with Gasteiger partial charge >= 0.3 is 0 Å². The van der Waals surface area contributed by atoms with Crippen molar-refractivity contribution in [3.05, 3.63) is 17.3 Å². The summed E-state index contributed by atoms with van der Waals surface area (Å²) in [6.07, 6.45) is 4.37. The average molecular weight is 296 g/mol. The van der Waals surface area contributed by atoms with Gasteiger partial charge in [-0.15, -0.1) is 0 Å². The van der Waals surface area contributed by atoms with E-state index in [9.17, 15) is 0 Å². The SMILES string of the molecule is C/C=C(\N)c1c(C)nn(C)c1OC(C)[C@H]1CCCN1.CC.[HH]. The molecule has 2 rings (SSSR count). The molecule has 0 saturated carbocycles. The van der Waals surface area contributed by atoms with Crippen LogP contribution in [0.1, 0.15) is 53.2 Å². The summed E-state index contributed by atoms with van der Waals surface area (Å²) in [6, 6.07) is 0.412. The molecular formula is C16H32N4O. The lowest BCUT2D eigenvalue weighted by atomic mass is 10.1. The zero-order valence-corrected chi connectivity index (χ0v) is 14.2. The average Bonchev–Trinajstić information content (AvgIpc) is 3.10. The molecule has 5 heteroatoms. The van der Waals surface area contributed by atoms with Crippen LogP contribution in [0.15, 0.2) is 6.08 Å². The van der Waals surface area contributed by atoms with Crippen molar-refractivity contribution >= 4 is 5.70 Å². The number of aromatic nitrogens is 2. The minimum Gasteiger partial charge on any atom is -0.473 e. The molecule has 1 aliphatic heterocycles. The highest BCUT2D eigenvalue weighted by Crippen LogP contribution is 2.28. The van der Waals surface area contributed by atoms with Crippen molar-refractivity contribution in [3.8, 4) is 5.88 Å². The van der Waals surface area contributed by atoms with E-state index >= 15 is 0 Å². The first-order valence-corrected chi connectivity index (χ1v) is 7.90. The second-order valence-electron chi connectivity index (χ2n) is 5.16. The lowest BCUT2D eigenvalue weighted by Gasteiger charge is -2.21. The van der Waals surface area contributed by atoms with Crippen LogP contribution in [0.5, 0.6) is 5.88 Å². The number of hydrogen-bond donors (Lipinski definition) is 2. The van der Waals surface area contributed by atoms with Crippen LogP contribution < -0.4 is 15.8 Å². The molecule has 0 aromatic carbocycles. The van der Waals surface area contributed by atoms with E-state index in [1.54, 1.807) is 4.68 Å². The molecule has 3 N–H and O–H groups in total. The molecule has 0 amide bonds. The third-order valence-corrected chi connectivity index (χ3v) is 3.73. The summed E-state index contributed by atoms with van der Waals surface area (Å²) in [6.45, 7) is 11.1. The normalized spacial score (nSPS) is 19.9. The Morgan fingerprint density at radius 3 is 2.76 bits per heavy atom. The van der Waals surface area contributed by atoms with Crippen LogP contribution in [0.2, 0.25) is 0 Å². The first-order valence-electron chi connectivity index (χ1n) is 7.90. The van der Waals surface area contributed by atoms with Gasteiger partial charge < -0.3 is 15.8 Å². The van der Waals surface area contributed by atoms with Gasteiger partial charge in [-0.2, -0.15) is 5.10 Å². The Kier molecular flexibility index (Phi) is 6.75. The van der Waals surface area contributed by atoms with Gasteiger partial charge in [0.05, 0.1) is 11.3 Å². The van der Waals surface area contributed by atoms with E-state index in [1.165, 1.54) is 6.42 Å². The molecule has 1 fully saturated rings. The van der Waals surface area contributed by atoms with Crippen LogP contribution >= 0.6 is 0 Å². The van der Waals surface area contributed by atoms with Gasteiger partial charge in [0.2, 0.25) is 5.88 Å². The number of nitrogens with two attached hydrogens (primary N) is 1. The standard InChI is InChI=1S/C14H24N4O.C2H6.H2/c1-5-11(15)13-9(2)17-18(4)14(13)19-10(3)12-7-6-8-16-12;1-2;/h5,10,12,16H,6-8,15H2,1-4H3;1-2H3;1H/b11-5-;;/t10?,12-;;/m1../s1. The lowest BCUT2D eigenvalue weighted by molar-refractivity contribution is 0.165. The maximum absolute atomic E-state index is 6.12. The Labute approximate surface area is 130 Å². The van der Waals surface area contributed by atoms with Crippen molar-refractivity contribution in [1.29, 1.82) is 0 Å². The second-order valence-corrected chi connectivity index (χ2v) is 5.16. The zero-order chi connectivity index (χ0) is 16.0. The summed E-state index contributed by atoms with van der Waals surface area (Å²) in [7, 11) is 1.89. The number of nitrogens with one attached hydrogen (secondary N) is 1. The van der Waals surface area contributed by atoms with Gasteiger partial charge in [-0.25, -0.2) is 4.68 Å². The van der Waals surface area contributed by atoms with Crippen molar-refractivity contribution in [2.45, 2.75) is 59.6 Å². The Morgan fingerprint density at radius 1 is 1.57 bits per heavy atom. The van der Waals surface area contributed by atoms with E-state index in [1.807, 2.05) is 40.8 Å². The summed E-state index contributed by atoms with van der Waals surface area (Å²) < 4.78 is 7.89. The van der Waals surface area contributed by atoms with E-state index in [2.05, 4.69) is 17.3 Å². The largest absolute Gasteiger partial charge is 0.473 e. The van der Waals surface area contributed by atoms with Crippen molar-refractivity contribution in [2.75, 3.05) is 6.54 Å². The molecule has 21 heavy (non-hydrogen) atoms. The predicted molar refractivity (Wildman–Crippen MR) is 90.4 cm³/mol. The van der Waals surface area contributed by atoms with Gasteiger partial charge in [0, 0.05) is 20.2 Å². The van der Waals surface area contributed by atoms with E-state index in [0.29, 0.717) is 11.7 Å². The van der Waals surface area contributed by atoms with Gasteiger partial charge in [0.1, 0.15) is 6.10 Å². The van der Waals surface area contributed by atoms with E-state index in [0.717, 1.165) is 30.1 Å². The predicted octanol–water partition coefficient (Wildman–Crippen LogP) is 2.84. The summed E-state index contributed by atoms with van der Waals surface area (Å²) >= 11 is 0. The van der Waals surface area contributed by atoms with E-state index in [-0.39, 0.29) is 7.53 Å². The molecule has 5 nitrogen and oxygen atoms in total. The quantitative estimate of drug-likeness (QED) is 0.896. The molecule has 1 aliphatic rings. The lowest BCUT2D eigenvalue weighted by Crippen LogP contribution is -2.37. The Bertz CT molecular complexity index is 479. The van der Waals surface area contributed by atoms with Gasteiger partial charge in [-0.05, 0) is 40.2 Å². The van der Waals surface area contributed by atoms with E-state index in [4.69, 9.17) is 10.5 Å². The van der Waals surface area contributed by atoms with Gasteiger partial charge in [0.15, 0.2) is 0 Å². The highest BCUT2D eigenvalue weighted by molar-refractivity contribution is 5.68. The molecule has 0 radical (unpaired) electrons. The smallest absolute Gasteiger partial charge is 0.221 e.